The first kappa shape index (κ1) is 22.5. The van der Waals surface area contributed by atoms with Gasteiger partial charge in [-0.25, -0.2) is 4.68 Å². The van der Waals surface area contributed by atoms with Crippen LogP contribution in [0.4, 0.5) is 5.82 Å². The second-order valence-corrected chi connectivity index (χ2v) is 7.88. The summed E-state index contributed by atoms with van der Waals surface area (Å²) in [6, 6.07) is 16.3. The first-order valence-electron chi connectivity index (χ1n) is 11.0. The zero-order chi connectivity index (χ0) is 23.0. The van der Waals surface area contributed by atoms with E-state index in [-0.39, 0.29) is 5.56 Å². The Labute approximate surface area is 193 Å². The fourth-order valence-electron chi connectivity index (χ4n) is 3.33. The van der Waals surface area contributed by atoms with Gasteiger partial charge in [0.25, 0.3) is 5.56 Å². The van der Waals surface area contributed by atoms with Crippen LogP contribution in [0.15, 0.2) is 59.4 Å². The fraction of sp³-hybridized carbons (Fsp3) is 0.360. The SMILES string of the molecule is COc1ccccc1OCCNc1ccc(=O)n(Cc2ccc(OC)c(OCC3CC3)c2)n1. The van der Waals surface area contributed by atoms with Crippen molar-refractivity contribution in [2.45, 2.75) is 19.4 Å². The number of para-hydroxylation sites is 2. The van der Waals surface area contributed by atoms with Crippen molar-refractivity contribution in [2.24, 2.45) is 5.92 Å². The Balaban J connectivity index is 1.37. The third-order valence-electron chi connectivity index (χ3n) is 5.33. The maximum atomic E-state index is 12.4. The summed E-state index contributed by atoms with van der Waals surface area (Å²) in [6.45, 7) is 1.95. The Kier molecular flexibility index (Phi) is 7.34. The normalized spacial score (nSPS) is 12.8. The lowest BCUT2D eigenvalue weighted by atomic mass is 10.2. The first-order valence-corrected chi connectivity index (χ1v) is 11.0. The standard InChI is InChI=1S/C25H29N3O5/c1-30-20-5-3-4-6-22(20)32-14-13-26-24-11-12-25(29)28(27-24)16-19-9-10-21(31-2)23(15-19)33-17-18-7-8-18/h3-6,9-12,15,18H,7-8,13-14,16-17H2,1-2H3,(H,26,27). The molecule has 8 heteroatoms. The lowest BCUT2D eigenvalue weighted by Gasteiger charge is -2.13. The van der Waals surface area contributed by atoms with Gasteiger partial charge < -0.3 is 24.3 Å². The van der Waals surface area contributed by atoms with Crippen LogP contribution in [0.2, 0.25) is 0 Å². The maximum Gasteiger partial charge on any atom is 0.267 e. The largest absolute Gasteiger partial charge is 0.493 e. The number of hydrogen-bond acceptors (Lipinski definition) is 7. The quantitative estimate of drug-likeness (QED) is 0.421. The van der Waals surface area contributed by atoms with Crippen LogP contribution in [0.5, 0.6) is 23.0 Å². The highest BCUT2D eigenvalue weighted by Gasteiger charge is 2.22. The zero-order valence-electron chi connectivity index (χ0n) is 19.0. The van der Waals surface area contributed by atoms with Crippen molar-refractivity contribution in [3.8, 4) is 23.0 Å². The minimum absolute atomic E-state index is 0.179. The van der Waals surface area contributed by atoms with Gasteiger partial charge in [0.05, 0.1) is 33.9 Å². The summed E-state index contributed by atoms with van der Waals surface area (Å²) in [5.41, 5.74) is 0.731. The van der Waals surface area contributed by atoms with Crippen LogP contribution in [0.1, 0.15) is 18.4 Å². The highest BCUT2D eigenvalue weighted by atomic mass is 16.5. The Morgan fingerprint density at radius 3 is 2.45 bits per heavy atom. The molecule has 174 valence electrons. The number of ether oxygens (including phenoxy) is 4. The van der Waals surface area contributed by atoms with Crippen molar-refractivity contribution < 1.29 is 18.9 Å². The number of hydrogen-bond donors (Lipinski definition) is 1. The van der Waals surface area contributed by atoms with E-state index in [1.165, 1.54) is 23.6 Å². The molecule has 1 aliphatic rings. The molecule has 1 aliphatic carbocycles. The zero-order valence-corrected chi connectivity index (χ0v) is 19.0. The van der Waals surface area contributed by atoms with Gasteiger partial charge >= 0.3 is 0 Å². The van der Waals surface area contributed by atoms with Gasteiger partial charge in [-0.2, -0.15) is 5.10 Å². The number of methoxy groups -OCH3 is 2. The molecule has 8 nitrogen and oxygen atoms in total. The molecule has 2 aromatic carbocycles. The molecule has 1 heterocycles. The molecule has 3 aromatic rings. The Morgan fingerprint density at radius 2 is 1.70 bits per heavy atom. The summed E-state index contributed by atoms with van der Waals surface area (Å²) in [5, 5.41) is 7.64. The van der Waals surface area contributed by atoms with Gasteiger partial charge in [0.2, 0.25) is 0 Å². The molecule has 0 bridgehead atoms. The molecule has 0 aliphatic heterocycles. The van der Waals surface area contributed by atoms with Crippen molar-refractivity contribution in [1.82, 2.24) is 9.78 Å². The molecule has 0 atom stereocenters. The second-order valence-electron chi connectivity index (χ2n) is 7.88. The highest BCUT2D eigenvalue weighted by Crippen LogP contribution is 2.33. The third-order valence-corrected chi connectivity index (χ3v) is 5.33. The summed E-state index contributed by atoms with van der Waals surface area (Å²) in [7, 11) is 3.23. The van der Waals surface area contributed by atoms with E-state index >= 15 is 0 Å². The van der Waals surface area contributed by atoms with Gasteiger partial charge in [0.15, 0.2) is 23.0 Å². The first-order chi connectivity index (χ1) is 16.2. The molecule has 0 spiro atoms. The third kappa shape index (κ3) is 6.19. The van der Waals surface area contributed by atoms with Gasteiger partial charge in [0.1, 0.15) is 12.4 Å². The van der Waals surface area contributed by atoms with E-state index in [4.69, 9.17) is 18.9 Å². The van der Waals surface area contributed by atoms with Crippen molar-refractivity contribution in [1.29, 1.82) is 0 Å². The summed E-state index contributed by atoms with van der Waals surface area (Å²) >= 11 is 0. The number of anilines is 1. The molecular formula is C25H29N3O5. The molecular weight excluding hydrogens is 422 g/mol. The Morgan fingerprint density at radius 1 is 0.939 bits per heavy atom. The minimum Gasteiger partial charge on any atom is -0.493 e. The van der Waals surface area contributed by atoms with Crippen LogP contribution in [0.25, 0.3) is 0 Å². The van der Waals surface area contributed by atoms with Crippen molar-refractivity contribution in [3.63, 3.8) is 0 Å². The van der Waals surface area contributed by atoms with E-state index in [1.54, 1.807) is 20.3 Å². The summed E-state index contributed by atoms with van der Waals surface area (Å²) in [5.74, 6) is 3.97. The summed E-state index contributed by atoms with van der Waals surface area (Å²) in [4.78, 5) is 12.4. The van der Waals surface area contributed by atoms with Gasteiger partial charge in [-0.3, -0.25) is 4.79 Å². The number of nitrogens with one attached hydrogen (secondary N) is 1. The lowest BCUT2D eigenvalue weighted by molar-refractivity contribution is 0.280. The van der Waals surface area contributed by atoms with Crippen LogP contribution >= 0.6 is 0 Å². The topological polar surface area (TPSA) is 83.8 Å². The molecule has 0 saturated heterocycles. The van der Waals surface area contributed by atoms with Crippen LogP contribution in [0, 0.1) is 5.92 Å². The van der Waals surface area contributed by atoms with Gasteiger partial charge in [-0.05, 0) is 54.7 Å². The molecule has 33 heavy (non-hydrogen) atoms. The molecule has 1 N–H and O–H groups in total. The number of benzene rings is 2. The van der Waals surface area contributed by atoms with E-state index in [0.717, 1.165) is 5.56 Å². The number of nitrogens with zero attached hydrogens (tertiary/aromatic N) is 2. The van der Waals surface area contributed by atoms with E-state index in [9.17, 15) is 4.79 Å². The molecule has 1 aromatic heterocycles. The van der Waals surface area contributed by atoms with Crippen LogP contribution < -0.4 is 29.8 Å². The molecule has 1 saturated carbocycles. The van der Waals surface area contributed by atoms with Crippen molar-refractivity contribution in [3.05, 3.63) is 70.5 Å². The van der Waals surface area contributed by atoms with Crippen LogP contribution in [-0.2, 0) is 6.54 Å². The van der Waals surface area contributed by atoms with Crippen LogP contribution in [-0.4, -0.2) is 43.8 Å². The van der Waals surface area contributed by atoms with Crippen molar-refractivity contribution in [2.75, 3.05) is 39.3 Å². The average Bonchev–Trinajstić information content (AvgIpc) is 3.67. The smallest absolute Gasteiger partial charge is 0.267 e. The number of rotatable bonds is 12. The monoisotopic (exact) mass is 451 g/mol. The average molecular weight is 452 g/mol. The van der Waals surface area contributed by atoms with Gasteiger partial charge in [-0.1, -0.05) is 18.2 Å². The van der Waals surface area contributed by atoms with E-state index in [1.807, 2.05) is 42.5 Å². The number of aromatic nitrogens is 2. The Bertz CT molecular complexity index is 1130. The fourth-order valence-corrected chi connectivity index (χ4v) is 3.33. The highest BCUT2D eigenvalue weighted by molar-refractivity contribution is 5.43. The molecule has 1 fully saturated rings. The summed E-state index contributed by atoms with van der Waals surface area (Å²) < 4.78 is 23.8. The minimum atomic E-state index is -0.179. The molecule has 0 radical (unpaired) electrons. The van der Waals surface area contributed by atoms with Crippen LogP contribution in [0.3, 0.4) is 0 Å². The molecule has 0 unspecified atom stereocenters. The van der Waals surface area contributed by atoms with Crippen molar-refractivity contribution >= 4 is 5.82 Å². The predicted octanol–water partition coefficient (Wildman–Crippen LogP) is 3.59. The van der Waals surface area contributed by atoms with E-state index in [0.29, 0.717) is 61.0 Å². The maximum absolute atomic E-state index is 12.4. The predicted molar refractivity (Wildman–Crippen MR) is 126 cm³/mol. The van der Waals surface area contributed by atoms with Gasteiger partial charge in [-0.15, -0.1) is 0 Å². The van der Waals surface area contributed by atoms with E-state index in [2.05, 4.69) is 10.4 Å². The molecule has 0 amide bonds. The lowest BCUT2D eigenvalue weighted by Crippen LogP contribution is -2.24. The van der Waals surface area contributed by atoms with E-state index < -0.39 is 0 Å². The molecule has 4 rings (SSSR count). The van der Waals surface area contributed by atoms with Gasteiger partial charge in [0, 0.05) is 6.07 Å². The summed E-state index contributed by atoms with van der Waals surface area (Å²) in [6.07, 6.45) is 2.43. The Hall–Kier alpha value is -3.68. The second kappa shape index (κ2) is 10.8.